The third kappa shape index (κ3) is 3.48. The van der Waals surface area contributed by atoms with E-state index >= 15 is 0 Å². The molecule has 26 heavy (non-hydrogen) atoms. The topological polar surface area (TPSA) is 44.9 Å². The molecule has 0 saturated heterocycles. The molecule has 0 fully saturated rings. The van der Waals surface area contributed by atoms with Gasteiger partial charge in [-0.1, -0.05) is 43.3 Å². The van der Waals surface area contributed by atoms with Crippen LogP contribution >= 0.6 is 0 Å². The van der Waals surface area contributed by atoms with Gasteiger partial charge in [-0.2, -0.15) is 5.10 Å². The number of rotatable bonds is 8. The second-order valence-electron chi connectivity index (χ2n) is 6.37. The summed E-state index contributed by atoms with van der Waals surface area (Å²) in [7, 11) is 1.74. The Morgan fingerprint density at radius 1 is 1.27 bits per heavy atom. The summed E-state index contributed by atoms with van der Waals surface area (Å²) in [6.45, 7) is 9.35. The Morgan fingerprint density at radius 2 is 2.04 bits per heavy atom. The van der Waals surface area contributed by atoms with E-state index in [2.05, 4.69) is 41.5 Å². The van der Waals surface area contributed by atoms with Gasteiger partial charge in [0.05, 0.1) is 42.6 Å². The van der Waals surface area contributed by atoms with Crippen LogP contribution in [-0.2, 0) is 11.3 Å². The minimum atomic E-state index is 0.224. The first-order chi connectivity index (χ1) is 12.7. The summed E-state index contributed by atoms with van der Waals surface area (Å²) in [6, 6.07) is 10.5. The van der Waals surface area contributed by atoms with Gasteiger partial charge in [0, 0.05) is 24.4 Å². The summed E-state index contributed by atoms with van der Waals surface area (Å²) in [4.78, 5) is 4.76. The molecule has 0 amide bonds. The summed E-state index contributed by atoms with van der Waals surface area (Å²) in [5.41, 5.74) is 5.24. The molecule has 0 spiro atoms. The fourth-order valence-electron chi connectivity index (χ4n) is 3.28. The summed E-state index contributed by atoms with van der Waals surface area (Å²) >= 11 is 0. The fourth-order valence-corrected chi connectivity index (χ4v) is 3.28. The SMILES string of the molecule is C=CCn1cc(-c2c(-c3ccccc3)ncn2[C@@H](CC)COC)c(C)n1. The van der Waals surface area contributed by atoms with Crippen molar-refractivity contribution in [3.8, 4) is 22.5 Å². The molecule has 1 aromatic carbocycles. The van der Waals surface area contributed by atoms with Crippen LogP contribution < -0.4 is 0 Å². The van der Waals surface area contributed by atoms with Crippen LogP contribution in [0.25, 0.3) is 22.5 Å². The first kappa shape index (κ1) is 18.1. The molecule has 0 radical (unpaired) electrons. The molecule has 5 heteroatoms. The van der Waals surface area contributed by atoms with Gasteiger partial charge < -0.3 is 9.30 Å². The highest BCUT2D eigenvalue weighted by Gasteiger charge is 2.22. The largest absolute Gasteiger partial charge is 0.383 e. The van der Waals surface area contributed by atoms with Gasteiger partial charge in [0.2, 0.25) is 0 Å². The van der Waals surface area contributed by atoms with Gasteiger partial charge in [-0.15, -0.1) is 6.58 Å². The lowest BCUT2D eigenvalue weighted by Crippen LogP contribution is -2.14. The predicted octanol–water partition coefficient (Wildman–Crippen LogP) is 4.51. The lowest BCUT2D eigenvalue weighted by Gasteiger charge is -2.19. The Morgan fingerprint density at radius 3 is 2.69 bits per heavy atom. The predicted molar refractivity (Wildman–Crippen MR) is 105 cm³/mol. The molecule has 3 aromatic rings. The quantitative estimate of drug-likeness (QED) is 0.562. The Labute approximate surface area is 155 Å². The second kappa shape index (κ2) is 8.15. The second-order valence-corrected chi connectivity index (χ2v) is 6.37. The Bertz CT molecular complexity index is 864. The normalized spacial score (nSPS) is 12.3. The number of benzene rings is 1. The van der Waals surface area contributed by atoms with Gasteiger partial charge in [0.15, 0.2) is 0 Å². The first-order valence-electron chi connectivity index (χ1n) is 8.96. The average Bonchev–Trinajstić information content (AvgIpc) is 3.24. The van der Waals surface area contributed by atoms with E-state index in [9.17, 15) is 0 Å². The van der Waals surface area contributed by atoms with Crippen molar-refractivity contribution in [2.45, 2.75) is 32.9 Å². The van der Waals surface area contributed by atoms with Crippen LogP contribution in [0, 0.1) is 6.92 Å². The maximum Gasteiger partial charge on any atom is 0.0964 e. The zero-order valence-electron chi connectivity index (χ0n) is 15.7. The smallest absolute Gasteiger partial charge is 0.0964 e. The highest BCUT2D eigenvalue weighted by molar-refractivity contribution is 5.79. The molecule has 0 aliphatic rings. The molecule has 2 aromatic heterocycles. The number of aromatic nitrogens is 4. The van der Waals surface area contributed by atoms with E-state index in [1.165, 1.54) is 0 Å². The molecule has 0 saturated carbocycles. The minimum Gasteiger partial charge on any atom is -0.383 e. The number of hydrogen-bond acceptors (Lipinski definition) is 3. The Balaban J connectivity index is 2.19. The van der Waals surface area contributed by atoms with E-state index in [0.29, 0.717) is 13.2 Å². The summed E-state index contributed by atoms with van der Waals surface area (Å²) in [5.74, 6) is 0. The molecule has 0 unspecified atom stereocenters. The number of nitrogens with zero attached hydrogens (tertiary/aromatic N) is 4. The third-order valence-corrected chi connectivity index (χ3v) is 4.58. The molecule has 0 N–H and O–H groups in total. The van der Waals surface area contributed by atoms with Crippen LogP contribution in [0.2, 0.25) is 0 Å². The Kier molecular flexibility index (Phi) is 5.68. The van der Waals surface area contributed by atoms with Crippen molar-refractivity contribution >= 4 is 0 Å². The maximum absolute atomic E-state index is 5.45. The lowest BCUT2D eigenvalue weighted by atomic mass is 10.0. The monoisotopic (exact) mass is 350 g/mol. The van der Waals surface area contributed by atoms with Gasteiger partial charge in [-0.3, -0.25) is 4.68 Å². The van der Waals surface area contributed by atoms with Crippen LogP contribution in [0.15, 0.2) is 55.5 Å². The number of ether oxygens (including phenoxy) is 1. The van der Waals surface area contributed by atoms with Gasteiger partial charge >= 0.3 is 0 Å². The molecule has 1 atom stereocenters. The van der Waals surface area contributed by atoms with Crippen molar-refractivity contribution in [2.75, 3.05) is 13.7 Å². The molecular weight excluding hydrogens is 324 g/mol. The molecule has 0 bridgehead atoms. The zero-order chi connectivity index (χ0) is 18.5. The minimum absolute atomic E-state index is 0.224. The van der Waals surface area contributed by atoms with E-state index in [0.717, 1.165) is 34.6 Å². The molecule has 2 heterocycles. The molecule has 0 aliphatic carbocycles. The number of methoxy groups -OCH3 is 1. The summed E-state index contributed by atoms with van der Waals surface area (Å²) < 4.78 is 9.59. The van der Waals surface area contributed by atoms with Crippen LogP contribution in [0.5, 0.6) is 0 Å². The van der Waals surface area contributed by atoms with E-state index in [1.807, 2.05) is 42.2 Å². The molecule has 3 rings (SSSR count). The summed E-state index contributed by atoms with van der Waals surface area (Å²) in [5, 5.41) is 4.64. The number of imidazole rings is 1. The number of allylic oxidation sites excluding steroid dienone is 1. The van der Waals surface area contributed by atoms with Crippen molar-refractivity contribution in [2.24, 2.45) is 0 Å². The van der Waals surface area contributed by atoms with Crippen molar-refractivity contribution in [1.29, 1.82) is 0 Å². The standard InChI is InChI=1S/C21H26N4O/c1-5-12-24-13-19(16(3)23-24)21-20(17-10-8-7-9-11-17)22-15-25(21)18(6-2)14-26-4/h5,7-11,13,15,18H,1,6,12,14H2,2-4H3/t18-/m0/s1. The third-order valence-electron chi connectivity index (χ3n) is 4.58. The lowest BCUT2D eigenvalue weighted by molar-refractivity contribution is 0.153. The van der Waals surface area contributed by atoms with Crippen molar-refractivity contribution < 1.29 is 4.74 Å². The highest BCUT2D eigenvalue weighted by atomic mass is 16.5. The van der Waals surface area contributed by atoms with Gasteiger partial charge in [-0.05, 0) is 13.3 Å². The van der Waals surface area contributed by atoms with E-state index in [1.54, 1.807) is 7.11 Å². The molecule has 5 nitrogen and oxygen atoms in total. The average molecular weight is 350 g/mol. The van der Waals surface area contributed by atoms with E-state index < -0.39 is 0 Å². The summed E-state index contributed by atoms with van der Waals surface area (Å²) in [6.07, 6.45) is 6.82. The van der Waals surface area contributed by atoms with Gasteiger partial charge in [0.1, 0.15) is 0 Å². The van der Waals surface area contributed by atoms with E-state index in [4.69, 9.17) is 9.72 Å². The van der Waals surface area contributed by atoms with Gasteiger partial charge in [0.25, 0.3) is 0 Å². The van der Waals surface area contributed by atoms with Crippen molar-refractivity contribution in [3.05, 3.63) is 61.2 Å². The zero-order valence-corrected chi connectivity index (χ0v) is 15.7. The number of hydrogen-bond donors (Lipinski definition) is 0. The van der Waals surface area contributed by atoms with E-state index in [-0.39, 0.29) is 6.04 Å². The Hall–Kier alpha value is -2.66. The van der Waals surface area contributed by atoms with Crippen LogP contribution in [0.4, 0.5) is 0 Å². The first-order valence-corrected chi connectivity index (χ1v) is 8.96. The number of aryl methyl sites for hydroxylation is 1. The van der Waals surface area contributed by atoms with Crippen LogP contribution in [0.1, 0.15) is 25.1 Å². The van der Waals surface area contributed by atoms with Crippen LogP contribution in [-0.4, -0.2) is 33.0 Å². The van der Waals surface area contributed by atoms with Gasteiger partial charge in [-0.25, -0.2) is 4.98 Å². The van der Waals surface area contributed by atoms with Crippen molar-refractivity contribution in [1.82, 2.24) is 19.3 Å². The highest BCUT2D eigenvalue weighted by Crippen LogP contribution is 2.35. The van der Waals surface area contributed by atoms with Crippen molar-refractivity contribution in [3.63, 3.8) is 0 Å². The molecular formula is C21H26N4O. The fraction of sp³-hybridized carbons (Fsp3) is 0.333. The van der Waals surface area contributed by atoms with Crippen LogP contribution in [0.3, 0.4) is 0 Å². The maximum atomic E-state index is 5.45. The molecule has 136 valence electrons. The molecule has 0 aliphatic heterocycles.